The van der Waals surface area contributed by atoms with Gasteiger partial charge in [-0.2, -0.15) is 0 Å². The molecular weight excluding hydrogens is 376 g/mol. The lowest BCUT2D eigenvalue weighted by Crippen LogP contribution is -2.41. The van der Waals surface area contributed by atoms with Crippen LogP contribution in [0.25, 0.3) is 0 Å². The van der Waals surface area contributed by atoms with Gasteiger partial charge in [-0.05, 0) is 42.5 Å². The highest BCUT2D eigenvalue weighted by molar-refractivity contribution is 7.98. The van der Waals surface area contributed by atoms with E-state index in [4.69, 9.17) is 13.8 Å². The highest BCUT2D eigenvalue weighted by Gasteiger charge is 2.39. The Hall–Kier alpha value is -0.0862. The lowest BCUT2D eigenvalue weighted by molar-refractivity contribution is 0.250. The molecule has 0 aliphatic heterocycles. The van der Waals surface area contributed by atoms with Gasteiger partial charge in [0.1, 0.15) is 0 Å². The highest BCUT2D eigenvalue weighted by atomic mass is 32.2. The van der Waals surface area contributed by atoms with Gasteiger partial charge in [0.15, 0.2) is 21.8 Å². The van der Waals surface area contributed by atoms with Crippen molar-refractivity contribution in [2.24, 2.45) is 7.05 Å². The van der Waals surface area contributed by atoms with E-state index in [9.17, 15) is 0 Å². The molecule has 0 fully saturated rings. The molecule has 0 atom stereocenters. The molecule has 0 aromatic carbocycles. The van der Waals surface area contributed by atoms with Gasteiger partial charge in [-0.3, -0.25) is 0 Å². The Kier molecular flexibility index (Phi) is 7.47. The third-order valence-electron chi connectivity index (χ3n) is 6.19. The van der Waals surface area contributed by atoms with E-state index in [-0.39, 0.29) is 10.1 Å². The van der Waals surface area contributed by atoms with Crippen LogP contribution in [-0.2, 0) is 29.1 Å². The molecule has 0 saturated carbocycles. The first-order chi connectivity index (χ1) is 11.5. The molecule has 0 radical (unpaired) electrons. The van der Waals surface area contributed by atoms with E-state index in [1.807, 2.05) is 0 Å². The van der Waals surface area contributed by atoms with Gasteiger partial charge in [-0.15, -0.1) is 0 Å². The second-order valence-corrected chi connectivity index (χ2v) is 20.5. The van der Waals surface area contributed by atoms with Crippen LogP contribution in [0.15, 0.2) is 5.16 Å². The summed E-state index contributed by atoms with van der Waals surface area (Å²) in [5.74, 6) is 0. The van der Waals surface area contributed by atoms with Gasteiger partial charge in [-0.25, -0.2) is 4.98 Å². The first-order valence-corrected chi connectivity index (χ1v) is 16.4. The van der Waals surface area contributed by atoms with Crippen molar-refractivity contribution in [1.29, 1.82) is 0 Å². The molecule has 1 heterocycles. The smallest absolute Gasteiger partial charge is 0.192 e. The Labute approximate surface area is 167 Å². The number of rotatable bonds is 7. The highest BCUT2D eigenvalue weighted by Crippen LogP contribution is 2.39. The molecule has 0 N–H and O–H groups in total. The molecule has 0 bridgehead atoms. The molecule has 1 rings (SSSR count). The Morgan fingerprint density at radius 1 is 0.885 bits per heavy atom. The maximum absolute atomic E-state index is 6.48. The monoisotopic (exact) mass is 416 g/mol. The summed E-state index contributed by atoms with van der Waals surface area (Å²) in [6.07, 6.45) is 2.07. The number of thioether (sulfide) groups is 1. The van der Waals surface area contributed by atoms with Gasteiger partial charge in [0.2, 0.25) is 0 Å². The van der Waals surface area contributed by atoms with Crippen LogP contribution in [0.5, 0.6) is 0 Å². The molecule has 0 saturated heterocycles. The van der Waals surface area contributed by atoms with Gasteiger partial charge in [0.05, 0.1) is 24.6 Å². The molecule has 1 aromatic rings. The zero-order chi connectivity index (χ0) is 20.6. The lowest BCUT2D eigenvalue weighted by atomic mass is 10.2. The number of nitrogens with zero attached hydrogens (tertiary/aromatic N) is 2. The zero-order valence-corrected chi connectivity index (χ0v) is 21.8. The summed E-state index contributed by atoms with van der Waals surface area (Å²) in [6, 6.07) is 0. The molecule has 7 heteroatoms. The summed E-state index contributed by atoms with van der Waals surface area (Å²) < 4.78 is 15.1. The molecule has 0 amide bonds. The van der Waals surface area contributed by atoms with Crippen LogP contribution in [0.4, 0.5) is 0 Å². The summed E-state index contributed by atoms with van der Waals surface area (Å²) in [5.41, 5.74) is 2.18. The van der Waals surface area contributed by atoms with Crippen LogP contribution in [0, 0.1) is 0 Å². The molecule has 0 spiro atoms. The van der Waals surface area contributed by atoms with E-state index in [0.717, 1.165) is 16.5 Å². The normalized spacial score (nSPS) is 14.2. The van der Waals surface area contributed by atoms with Gasteiger partial charge < -0.3 is 13.4 Å². The third-order valence-corrected chi connectivity index (χ3v) is 15.9. The molecule has 0 aliphatic carbocycles. The largest absolute Gasteiger partial charge is 0.411 e. The minimum atomic E-state index is -1.81. The van der Waals surface area contributed by atoms with E-state index < -0.39 is 16.6 Å². The molecule has 0 unspecified atom stereocenters. The molecule has 26 heavy (non-hydrogen) atoms. The molecule has 4 nitrogen and oxygen atoms in total. The third kappa shape index (κ3) is 5.47. The van der Waals surface area contributed by atoms with Crippen LogP contribution in [0.1, 0.15) is 52.9 Å². The minimum Gasteiger partial charge on any atom is -0.411 e. The maximum atomic E-state index is 6.48. The van der Waals surface area contributed by atoms with E-state index in [2.05, 4.69) is 85.6 Å². The van der Waals surface area contributed by atoms with Crippen molar-refractivity contribution < 1.29 is 8.85 Å². The topological polar surface area (TPSA) is 36.3 Å². The minimum absolute atomic E-state index is 0.196. The number of hydrogen-bond donors (Lipinski definition) is 0. The summed E-state index contributed by atoms with van der Waals surface area (Å²) in [4.78, 5) is 4.83. The van der Waals surface area contributed by atoms with Crippen molar-refractivity contribution in [3.8, 4) is 0 Å². The van der Waals surface area contributed by atoms with Gasteiger partial charge in [-0.1, -0.05) is 53.3 Å². The Morgan fingerprint density at radius 2 is 1.31 bits per heavy atom. The van der Waals surface area contributed by atoms with Crippen molar-refractivity contribution in [3.05, 3.63) is 11.4 Å². The zero-order valence-electron chi connectivity index (χ0n) is 19.0. The fourth-order valence-electron chi connectivity index (χ4n) is 1.97. The van der Waals surface area contributed by atoms with Crippen molar-refractivity contribution in [2.75, 3.05) is 6.26 Å². The molecule has 1 aromatic heterocycles. The number of hydrogen-bond acceptors (Lipinski definition) is 4. The van der Waals surface area contributed by atoms with Crippen LogP contribution < -0.4 is 0 Å². The van der Waals surface area contributed by atoms with E-state index in [1.54, 1.807) is 11.8 Å². The Balaban J connectivity index is 3.04. The predicted molar refractivity (Wildman–Crippen MR) is 119 cm³/mol. The first kappa shape index (κ1) is 24.0. The van der Waals surface area contributed by atoms with E-state index in [1.165, 1.54) is 0 Å². The second kappa shape index (κ2) is 8.11. The fourth-order valence-corrected chi connectivity index (χ4v) is 4.42. The van der Waals surface area contributed by atoms with Crippen molar-refractivity contribution >= 4 is 28.4 Å². The van der Waals surface area contributed by atoms with Crippen molar-refractivity contribution in [3.63, 3.8) is 0 Å². The summed E-state index contributed by atoms with van der Waals surface area (Å²) in [7, 11) is -1.53. The Morgan fingerprint density at radius 3 is 1.69 bits per heavy atom. The summed E-state index contributed by atoms with van der Waals surface area (Å²) >= 11 is 1.67. The molecule has 0 aliphatic rings. The average Bonchev–Trinajstić information content (AvgIpc) is 2.76. The van der Waals surface area contributed by atoms with E-state index >= 15 is 0 Å². The van der Waals surface area contributed by atoms with Crippen LogP contribution >= 0.6 is 11.8 Å². The van der Waals surface area contributed by atoms with Crippen LogP contribution in [0.3, 0.4) is 0 Å². The molecular formula is C19H40N2O2SSi2. The maximum Gasteiger partial charge on any atom is 0.192 e. The fraction of sp³-hybridized carbons (Fsp3) is 0.842. The quantitative estimate of drug-likeness (QED) is 0.392. The van der Waals surface area contributed by atoms with Crippen molar-refractivity contribution in [1.82, 2.24) is 9.55 Å². The number of imidazole rings is 1. The predicted octanol–water partition coefficient (Wildman–Crippen LogP) is 6.19. The first-order valence-electron chi connectivity index (χ1n) is 9.40. The Bertz CT molecular complexity index is 614. The summed E-state index contributed by atoms with van der Waals surface area (Å²) in [6.45, 7) is 24.0. The average molecular weight is 417 g/mol. The SMILES string of the molecule is CSc1nc(CO[Si](C)(C)C(C)(C)C)c(CO[Si](C)(C)C(C)(C)C)n1C. The summed E-state index contributed by atoms with van der Waals surface area (Å²) in [5, 5.41) is 1.42. The van der Waals surface area contributed by atoms with Gasteiger partial charge >= 0.3 is 0 Å². The van der Waals surface area contributed by atoms with E-state index in [0.29, 0.717) is 13.2 Å². The lowest BCUT2D eigenvalue weighted by Gasteiger charge is -2.37. The number of aromatic nitrogens is 2. The van der Waals surface area contributed by atoms with Crippen LogP contribution in [0.2, 0.25) is 36.3 Å². The van der Waals surface area contributed by atoms with Crippen LogP contribution in [-0.4, -0.2) is 32.4 Å². The standard InChI is InChI=1S/C19H40N2O2SSi2/c1-18(2,3)25(9,10)22-13-15-16(21(7)17(20-15)24-8)14-23-26(11,12)19(4,5)6/h13-14H2,1-12H3. The van der Waals surface area contributed by atoms with Gasteiger partial charge in [0.25, 0.3) is 0 Å². The van der Waals surface area contributed by atoms with Gasteiger partial charge in [0, 0.05) is 7.05 Å². The second-order valence-electron chi connectivity index (χ2n) is 10.1. The van der Waals surface area contributed by atoms with Crippen molar-refractivity contribution in [2.45, 2.75) is 96.2 Å². The molecule has 152 valence electrons.